The summed E-state index contributed by atoms with van der Waals surface area (Å²) in [7, 11) is 0. The van der Waals surface area contributed by atoms with Gasteiger partial charge in [-0.25, -0.2) is 0 Å². The molecule has 0 radical (unpaired) electrons. The average Bonchev–Trinajstić information content (AvgIpc) is 3.12. The van der Waals surface area contributed by atoms with Crippen LogP contribution in [0.2, 0.25) is 0 Å². The number of carbonyl (C=O) groups is 2. The van der Waals surface area contributed by atoms with Crippen molar-refractivity contribution in [2.75, 3.05) is 24.5 Å². The molecule has 2 amide bonds. The first kappa shape index (κ1) is 16.8. The molecule has 0 aromatic heterocycles. The van der Waals surface area contributed by atoms with E-state index in [2.05, 4.69) is 11.8 Å². The summed E-state index contributed by atoms with van der Waals surface area (Å²) in [5.41, 5.74) is 6.11. The maximum Gasteiger partial charge on any atom is 0.260 e. The summed E-state index contributed by atoms with van der Waals surface area (Å²) in [6.45, 7) is 3.47. The summed E-state index contributed by atoms with van der Waals surface area (Å²) in [6.07, 6.45) is 3.99. The third kappa shape index (κ3) is 3.38. The minimum absolute atomic E-state index is 0.00856. The van der Waals surface area contributed by atoms with Crippen LogP contribution >= 0.6 is 0 Å². The highest BCUT2D eigenvalue weighted by Crippen LogP contribution is 2.33. The molecule has 6 heteroatoms. The second kappa shape index (κ2) is 7.21. The summed E-state index contributed by atoms with van der Waals surface area (Å²) < 4.78 is 5.62. The van der Waals surface area contributed by atoms with E-state index in [1.807, 2.05) is 18.2 Å². The van der Waals surface area contributed by atoms with Crippen molar-refractivity contribution in [3.8, 4) is 5.75 Å². The Balaban J connectivity index is 1.78. The third-order valence-electron chi connectivity index (χ3n) is 4.98. The van der Waals surface area contributed by atoms with Gasteiger partial charge < -0.3 is 15.4 Å². The van der Waals surface area contributed by atoms with Crippen LogP contribution in [0.4, 0.5) is 5.69 Å². The van der Waals surface area contributed by atoms with Crippen molar-refractivity contribution in [2.24, 2.45) is 5.73 Å². The first-order valence-corrected chi connectivity index (χ1v) is 8.69. The fourth-order valence-electron chi connectivity index (χ4n) is 3.65. The van der Waals surface area contributed by atoms with Gasteiger partial charge in [-0.2, -0.15) is 0 Å². The highest BCUT2D eigenvalue weighted by molar-refractivity contribution is 5.98. The number of nitrogens with zero attached hydrogens (tertiary/aromatic N) is 2. The van der Waals surface area contributed by atoms with Gasteiger partial charge in [0.15, 0.2) is 6.10 Å². The molecule has 0 bridgehead atoms. The fourth-order valence-corrected chi connectivity index (χ4v) is 3.65. The van der Waals surface area contributed by atoms with Gasteiger partial charge in [-0.3, -0.25) is 14.5 Å². The molecule has 2 aliphatic rings. The number of ether oxygens (including phenoxy) is 1. The van der Waals surface area contributed by atoms with Crippen molar-refractivity contribution in [1.82, 2.24) is 4.90 Å². The van der Waals surface area contributed by atoms with Crippen LogP contribution in [0.5, 0.6) is 5.75 Å². The molecule has 1 fully saturated rings. The number of primary amides is 1. The zero-order valence-corrected chi connectivity index (χ0v) is 14.1. The summed E-state index contributed by atoms with van der Waals surface area (Å²) >= 11 is 0. The second-order valence-corrected chi connectivity index (χ2v) is 6.48. The topological polar surface area (TPSA) is 75.9 Å². The second-order valence-electron chi connectivity index (χ2n) is 6.48. The van der Waals surface area contributed by atoms with Crippen LogP contribution in [0.3, 0.4) is 0 Å². The Kier molecular flexibility index (Phi) is 5.04. The van der Waals surface area contributed by atoms with Crippen molar-refractivity contribution >= 4 is 17.5 Å². The Hall–Kier alpha value is -2.08. The van der Waals surface area contributed by atoms with E-state index in [0.29, 0.717) is 24.0 Å². The lowest BCUT2D eigenvalue weighted by Crippen LogP contribution is -2.52. The van der Waals surface area contributed by atoms with Crippen LogP contribution in [0.1, 0.15) is 32.6 Å². The Labute approximate surface area is 142 Å². The predicted molar refractivity (Wildman–Crippen MR) is 91.9 cm³/mol. The SMILES string of the molecule is CCN(CC(=O)N1C[C@@H](C(N)=O)Oc2ccccc21)C1CCCC1. The van der Waals surface area contributed by atoms with E-state index in [9.17, 15) is 9.59 Å². The quantitative estimate of drug-likeness (QED) is 0.888. The molecule has 0 unspecified atom stereocenters. The van der Waals surface area contributed by atoms with E-state index < -0.39 is 12.0 Å². The number of nitrogens with two attached hydrogens (primary N) is 1. The Bertz CT molecular complexity index is 613. The van der Waals surface area contributed by atoms with Crippen LogP contribution in [0, 0.1) is 0 Å². The smallest absolute Gasteiger partial charge is 0.260 e. The van der Waals surface area contributed by atoms with Gasteiger partial charge in [0.05, 0.1) is 18.8 Å². The molecule has 1 atom stereocenters. The molecule has 2 N–H and O–H groups in total. The van der Waals surface area contributed by atoms with E-state index in [-0.39, 0.29) is 12.5 Å². The van der Waals surface area contributed by atoms with Crippen LogP contribution in [0.15, 0.2) is 24.3 Å². The fraction of sp³-hybridized carbons (Fsp3) is 0.556. The van der Waals surface area contributed by atoms with Gasteiger partial charge in [0.25, 0.3) is 5.91 Å². The zero-order valence-electron chi connectivity index (χ0n) is 14.1. The molecular formula is C18H25N3O3. The first-order chi connectivity index (χ1) is 11.6. The monoisotopic (exact) mass is 331 g/mol. The lowest BCUT2D eigenvalue weighted by molar-refractivity contribution is -0.125. The van der Waals surface area contributed by atoms with Gasteiger partial charge in [-0.1, -0.05) is 31.9 Å². The largest absolute Gasteiger partial charge is 0.477 e. The number of hydrogen-bond acceptors (Lipinski definition) is 4. The molecule has 1 aliphatic heterocycles. The molecule has 1 aliphatic carbocycles. The number of rotatable bonds is 5. The maximum atomic E-state index is 12.9. The standard InChI is InChI=1S/C18H25N3O3/c1-2-20(13-7-3-4-8-13)12-17(22)21-11-16(18(19)23)24-15-10-6-5-9-14(15)21/h5-6,9-10,13,16H,2-4,7-8,11-12H2,1H3,(H2,19,23)/t16-/m0/s1. The van der Waals surface area contributed by atoms with E-state index >= 15 is 0 Å². The number of benzene rings is 1. The Morgan fingerprint density at radius 3 is 2.67 bits per heavy atom. The zero-order chi connectivity index (χ0) is 17.1. The highest BCUT2D eigenvalue weighted by atomic mass is 16.5. The van der Waals surface area contributed by atoms with Gasteiger partial charge in [-0.05, 0) is 31.5 Å². The minimum Gasteiger partial charge on any atom is -0.477 e. The van der Waals surface area contributed by atoms with Crippen molar-refractivity contribution < 1.29 is 14.3 Å². The molecule has 1 heterocycles. The Morgan fingerprint density at radius 1 is 1.29 bits per heavy atom. The van der Waals surface area contributed by atoms with Crippen LogP contribution < -0.4 is 15.4 Å². The average molecular weight is 331 g/mol. The lowest BCUT2D eigenvalue weighted by atomic mass is 10.1. The summed E-state index contributed by atoms with van der Waals surface area (Å²) in [5.74, 6) is -0.0268. The van der Waals surface area contributed by atoms with Crippen molar-refractivity contribution in [3.05, 3.63) is 24.3 Å². The number of para-hydroxylation sites is 2. The van der Waals surface area contributed by atoms with Gasteiger partial charge >= 0.3 is 0 Å². The number of fused-ring (bicyclic) bond motifs is 1. The molecule has 130 valence electrons. The summed E-state index contributed by atoms with van der Waals surface area (Å²) in [6, 6.07) is 7.78. The number of hydrogen-bond donors (Lipinski definition) is 1. The van der Waals surface area contributed by atoms with Crippen LogP contribution in [-0.4, -0.2) is 48.5 Å². The molecule has 3 rings (SSSR count). The summed E-state index contributed by atoms with van der Waals surface area (Å²) in [5, 5.41) is 0. The van der Waals surface area contributed by atoms with Crippen molar-refractivity contribution in [1.29, 1.82) is 0 Å². The molecule has 6 nitrogen and oxygen atoms in total. The highest BCUT2D eigenvalue weighted by Gasteiger charge is 2.34. The van der Waals surface area contributed by atoms with Crippen molar-refractivity contribution in [3.63, 3.8) is 0 Å². The Morgan fingerprint density at radius 2 is 2.00 bits per heavy atom. The van der Waals surface area contributed by atoms with Gasteiger partial charge in [0.2, 0.25) is 5.91 Å². The van der Waals surface area contributed by atoms with Crippen LogP contribution in [0.25, 0.3) is 0 Å². The predicted octanol–water partition coefficient (Wildman–Crippen LogP) is 1.53. The molecule has 0 saturated heterocycles. The normalized spacial score (nSPS) is 20.8. The molecule has 0 spiro atoms. The van der Waals surface area contributed by atoms with Gasteiger partial charge in [0.1, 0.15) is 5.75 Å². The van der Waals surface area contributed by atoms with Gasteiger partial charge in [0, 0.05) is 6.04 Å². The van der Waals surface area contributed by atoms with Crippen molar-refractivity contribution in [2.45, 2.75) is 44.8 Å². The number of likely N-dealkylation sites (N-methyl/N-ethyl adjacent to an activating group) is 1. The van der Waals surface area contributed by atoms with Gasteiger partial charge in [-0.15, -0.1) is 0 Å². The number of carbonyl (C=O) groups excluding carboxylic acids is 2. The third-order valence-corrected chi connectivity index (χ3v) is 4.98. The maximum absolute atomic E-state index is 12.9. The molecular weight excluding hydrogens is 306 g/mol. The van der Waals surface area contributed by atoms with E-state index in [1.165, 1.54) is 12.8 Å². The van der Waals surface area contributed by atoms with E-state index in [1.54, 1.807) is 11.0 Å². The molecule has 1 aromatic carbocycles. The molecule has 1 saturated carbocycles. The van der Waals surface area contributed by atoms with Crippen LogP contribution in [-0.2, 0) is 9.59 Å². The molecule has 1 aromatic rings. The lowest BCUT2D eigenvalue weighted by Gasteiger charge is -2.35. The first-order valence-electron chi connectivity index (χ1n) is 8.69. The molecule has 24 heavy (non-hydrogen) atoms. The number of anilines is 1. The minimum atomic E-state index is -0.801. The van der Waals surface area contributed by atoms with E-state index in [4.69, 9.17) is 10.5 Å². The summed E-state index contributed by atoms with van der Waals surface area (Å²) in [4.78, 5) is 28.4. The number of amides is 2. The van der Waals surface area contributed by atoms with E-state index in [0.717, 1.165) is 19.4 Å².